The van der Waals surface area contributed by atoms with Gasteiger partial charge in [0.15, 0.2) is 0 Å². The summed E-state index contributed by atoms with van der Waals surface area (Å²) in [6.07, 6.45) is 1.58. The van der Waals surface area contributed by atoms with E-state index < -0.39 is 0 Å². The summed E-state index contributed by atoms with van der Waals surface area (Å²) < 4.78 is 0. The van der Waals surface area contributed by atoms with Gasteiger partial charge in [0.1, 0.15) is 11.9 Å². The molecule has 0 fully saturated rings. The number of anilines is 1. The van der Waals surface area contributed by atoms with Crippen molar-refractivity contribution in [2.24, 2.45) is 0 Å². The summed E-state index contributed by atoms with van der Waals surface area (Å²) >= 11 is 0. The summed E-state index contributed by atoms with van der Waals surface area (Å²) in [6, 6.07) is 26.2. The molecular formula is C19H15N3. The first kappa shape index (κ1) is 13.8. The molecule has 3 nitrogen and oxygen atoms in total. The molecule has 0 aliphatic heterocycles. The van der Waals surface area contributed by atoms with Crippen molar-refractivity contribution in [2.45, 2.75) is 6.04 Å². The Hall–Kier alpha value is -3.12. The molecule has 1 aromatic heterocycles. The van der Waals surface area contributed by atoms with Crippen molar-refractivity contribution in [3.63, 3.8) is 0 Å². The van der Waals surface area contributed by atoms with Crippen molar-refractivity contribution in [1.82, 2.24) is 4.98 Å². The first-order valence-electron chi connectivity index (χ1n) is 7.09. The van der Waals surface area contributed by atoms with Crippen LogP contribution in [-0.4, -0.2) is 4.98 Å². The van der Waals surface area contributed by atoms with E-state index in [1.807, 2.05) is 42.5 Å². The molecule has 0 spiro atoms. The molecule has 22 heavy (non-hydrogen) atoms. The fourth-order valence-electron chi connectivity index (χ4n) is 2.34. The standard InChI is InChI=1S/C19H15N3/c20-13-15-11-12-18(21-14-15)22-19(16-7-3-1-4-8-16)17-9-5-2-6-10-17/h1-12,14,19H,(H,21,22). The summed E-state index contributed by atoms with van der Waals surface area (Å²) in [5.74, 6) is 0.747. The first-order chi connectivity index (χ1) is 10.9. The van der Waals surface area contributed by atoms with Gasteiger partial charge in [-0.1, -0.05) is 60.7 Å². The topological polar surface area (TPSA) is 48.7 Å². The number of aromatic nitrogens is 1. The molecule has 1 N–H and O–H groups in total. The Labute approximate surface area is 129 Å². The molecule has 3 heteroatoms. The highest BCUT2D eigenvalue weighted by Crippen LogP contribution is 2.25. The average Bonchev–Trinajstić information content (AvgIpc) is 2.62. The molecule has 0 unspecified atom stereocenters. The van der Waals surface area contributed by atoms with Crippen LogP contribution >= 0.6 is 0 Å². The lowest BCUT2D eigenvalue weighted by atomic mass is 9.99. The van der Waals surface area contributed by atoms with Gasteiger partial charge in [0.05, 0.1) is 11.6 Å². The Morgan fingerprint density at radius 3 is 1.86 bits per heavy atom. The average molecular weight is 285 g/mol. The second-order valence-electron chi connectivity index (χ2n) is 4.94. The zero-order valence-electron chi connectivity index (χ0n) is 12.0. The summed E-state index contributed by atoms with van der Waals surface area (Å²) in [6.45, 7) is 0. The minimum Gasteiger partial charge on any atom is -0.359 e. The second kappa shape index (κ2) is 6.55. The largest absolute Gasteiger partial charge is 0.359 e. The normalized spacial score (nSPS) is 10.2. The molecule has 2 aromatic carbocycles. The second-order valence-corrected chi connectivity index (χ2v) is 4.94. The zero-order chi connectivity index (χ0) is 15.2. The fraction of sp³-hybridized carbons (Fsp3) is 0.0526. The van der Waals surface area contributed by atoms with Crippen LogP contribution in [0.3, 0.4) is 0 Å². The SMILES string of the molecule is N#Cc1ccc(NC(c2ccccc2)c2ccccc2)nc1. The number of pyridine rings is 1. The van der Waals surface area contributed by atoms with Gasteiger partial charge in [0, 0.05) is 6.20 Å². The van der Waals surface area contributed by atoms with Gasteiger partial charge in [-0.3, -0.25) is 0 Å². The van der Waals surface area contributed by atoms with E-state index in [1.54, 1.807) is 12.3 Å². The number of hydrogen-bond donors (Lipinski definition) is 1. The number of benzene rings is 2. The molecule has 0 aliphatic carbocycles. The maximum Gasteiger partial charge on any atom is 0.126 e. The molecule has 0 radical (unpaired) electrons. The Morgan fingerprint density at radius 1 is 0.818 bits per heavy atom. The van der Waals surface area contributed by atoms with E-state index in [0.29, 0.717) is 5.56 Å². The van der Waals surface area contributed by atoms with Crippen LogP contribution in [0.2, 0.25) is 0 Å². The Balaban J connectivity index is 1.94. The van der Waals surface area contributed by atoms with Crippen molar-refractivity contribution in [2.75, 3.05) is 5.32 Å². The van der Waals surface area contributed by atoms with Crippen LogP contribution in [0, 0.1) is 11.3 Å². The van der Waals surface area contributed by atoms with E-state index in [-0.39, 0.29) is 6.04 Å². The molecule has 0 bridgehead atoms. The zero-order valence-corrected chi connectivity index (χ0v) is 12.0. The molecule has 0 atom stereocenters. The van der Waals surface area contributed by atoms with Gasteiger partial charge in [-0.2, -0.15) is 5.26 Å². The lowest BCUT2D eigenvalue weighted by molar-refractivity contribution is 0.926. The molecular weight excluding hydrogens is 270 g/mol. The van der Waals surface area contributed by atoms with E-state index in [0.717, 1.165) is 5.82 Å². The maximum absolute atomic E-state index is 8.86. The summed E-state index contributed by atoms with van der Waals surface area (Å²) in [5, 5.41) is 12.3. The van der Waals surface area contributed by atoms with E-state index in [2.05, 4.69) is 40.6 Å². The molecule has 3 aromatic rings. The number of nitriles is 1. The van der Waals surface area contributed by atoms with Gasteiger partial charge < -0.3 is 5.32 Å². The highest BCUT2D eigenvalue weighted by Gasteiger charge is 2.13. The number of hydrogen-bond acceptors (Lipinski definition) is 3. The minimum atomic E-state index is 0.0165. The first-order valence-corrected chi connectivity index (χ1v) is 7.09. The summed E-state index contributed by atoms with van der Waals surface area (Å²) in [7, 11) is 0. The van der Waals surface area contributed by atoms with E-state index in [4.69, 9.17) is 5.26 Å². The van der Waals surface area contributed by atoms with Crippen LogP contribution in [-0.2, 0) is 0 Å². The Morgan fingerprint density at radius 2 is 1.41 bits per heavy atom. The highest BCUT2D eigenvalue weighted by atomic mass is 15.0. The molecule has 0 amide bonds. The number of nitrogens with zero attached hydrogens (tertiary/aromatic N) is 2. The number of rotatable bonds is 4. The predicted octanol–water partition coefficient (Wildman–Crippen LogP) is 4.15. The quantitative estimate of drug-likeness (QED) is 0.783. The van der Waals surface area contributed by atoms with E-state index in [9.17, 15) is 0 Å². The lowest BCUT2D eigenvalue weighted by Gasteiger charge is -2.20. The summed E-state index contributed by atoms with van der Waals surface area (Å²) in [4.78, 5) is 4.31. The molecule has 0 saturated heterocycles. The third kappa shape index (κ3) is 3.13. The predicted molar refractivity (Wildman–Crippen MR) is 87.3 cm³/mol. The van der Waals surface area contributed by atoms with Gasteiger partial charge in [-0.15, -0.1) is 0 Å². The van der Waals surface area contributed by atoms with Gasteiger partial charge >= 0.3 is 0 Å². The number of nitrogens with one attached hydrogen (secondary N) is 1. The monoisotopic (exact) mass is 285 g/mol. The third-order valence-electron chi connectivity index (χ3n) is 3.45. The van der Waals surface area contributed by atoms with Gasteiger partial charge in [0.2, 0.25) is 0 Å². The van der Waals surface area contributed by atoms with Crippen molar-refractivity contribution >= 4 is 5.82 Å². The minimum absolute atomic E-state index is 0.0165. The lowest BCUT2D eigenvalue weighted by Crippen LogP contribution is -2.13. The molecule has 3 rings (SSSR count). The van der Waals surface area contributed by atoms with Crippen LogP contribution in [0.5, 0.6) is 0 Å². The molecule has 0 aliphatic rings. The third-order valence-corrected chi connectivity index (χ3v) is 3.45. The van der Waals surface area contributed by atoms with Gasteiger partial charge in [-0.25, -0.2) is 4.98 Å². The van der Waals surface area contributed by atoms with E-state index >= 15 is 0 Å². The molecule has 1 heterocycles. The highest BCUT2D eigenvalue weighted by molar-refractivity contribution is 5.45. The summed E-state index contributed by atoms with van der Waals surface area (Å²) in [5.41, 5.74) is 2.89. The van der Waals surface area contributed by atoms with Crippen LogP contribution < -0.4 is 5.32 Å². The van der Waals surface area contributed by atoms with Crippen molar-refractivity contribution < 1.29 is 0 Å². The van der Waals surface area contributed by atoms with Crippen molar-refractivity contribution in [3.8, 4) is 6.07 Å². The van der Waals surface area contributed by atoms with Crippen LogP contribution in [0.1, 0.15) is 22.7 Å². The molecule has 0 saturated carbocycles. The smallest absolute Gasteiger partial charge is 0.126 e. The Kier molecular flexibility index (Phi) is 4.12. The van der Waals surface area contributed by atoms with Gasteiger partial charge in [0.25, 0.3) is 0 Å². The molecule has 106 valence electrons. The maximum atomic E-state index is 8.86. The fourth-order valence-corrected chi connectivity index (χ4v) is 2.34. The van der Waals surface area contributed by atoms with Crippen LogP contribution in [0.4, 0.5) is 5.82 Å². The van der Waals surface area contributed by atoms with Gasteiger partial charge in [-0.05, 0) is 23.3 Å². The Bertz CT molecular complexity index is 720. The van der Waals surface area contributed by atoms with Crippen molar-refractivity contribution in [3.05, 3.63) is 95.7 Å². The van der Waals surface area contributed by atoms with Crippen LogP contribution in [0.15, 0.2) is 79.0 Å². The van der Waals surface area contributed by atoms with E-state index in [1.165, 1.54) is 11.1 Å². The van der Waals surface area contributed by atoms with Crippen molar-refractivity contribution in [1.29, 1.82) is 5.26 Å². The van der Waals surface area contributed by atoms with Crippen LogP contribution in [0.25, 0.3) is 0 Å².